The maximum absolute atomic E-state index is 6.82. The molecular weight excluding hydrogens is 655 g/mol. The second-order valence-electron chi connectivity index (χ2n) is 19.3. The average molecular weight is 704 g/mol. The zero-order valence-corrected chi connectivity index (χ0v) is 32.0. The summed E-state index contributed by atoms with van der Waals surface area (Å²) in [6.07, 6.45) is 8.13. The first-order valence-electron chi connectivity index (χ1n) is 20.6. The van der Waals surface area contributed by atoms with Gasteiger partial charge >= 0.3 is 0 Å². The Labute approximate surface area is 320 Å². The van der Waals surface area contributed by atoms with Crippen LogP contribution in [0.2, 0.25) is 0 Å². The van der Waals surface area contributed by atoms with Gasteiger partial charge in [0, 0.05) is 33.6 Å². The highest BCUT2D eigenvalue weighted by Gasteiger charge is 2.84. The van der Waals surface area contributed by atoms with Gasteiger partial charge in [0.1, 0.15) is 11.5 Å². The minimum absolute atomic E-state index is 0.0412. The molecule has 4 fully saturated rings. The summed E-state index contributed by atoms with van der Waals surface area (Å²) in [5.74, 6) is 5.42. The van der Waals surface area contributed by atoms with E-state index in [1.54, 1.807) is 0 Å². The van der Waals surface area contributed by atoms with Gasteiger partial charge in [-0.3, -0.25) is 0 Å². The molecule has 0 aromatic heterocycles. The van der Waals surface area contributed by atoms with Crippen LogP contribution in [0.15, 0.2) is 127 Å². The van der Waals surface area contributed by atoms with Crippen LogP contribution in [0, 0.1) is 29.1 Å². The van der Waals surface area contributed by atoms with E-state index in [0.29, 0.717) is 17.3 Å². The fourth-order valence-electron chi connectivity index (χ4n) is 13.5. The number of hydrogen-bond acceptors (Lipinski definition) is 2. The molecule has 0 saturated heterocycles. The lowest BCUT2D eigenvalue weighted by Crippen LogP contribution is -2.74. The Morgan fingerprint density at radius 1 is 0.519 bits per heavy atom. The molecule has 1 heterocycles. The quantitative estimate of drug-likeness (QED) is 0.181. The third-order valence-electron chi connectivity index (χ3n) is 16.0. The van der Waals surface area contributed by atoms with Gasteiger partial charge in [-0.25, -0.2) is 0 Å². The van der Waals surface area contributed by atoms with Crippen molar-refractivity contribution in [3.8, 4) is 22.6 Å². The van der Waals surface area contributed by atoms with Gasteiger partial charge < -0.3 is 9.64 Å². The Bertz CT molecular complexity index is 2540. The minimum atomic E-state index is 0.0412. The monoisotopic (exact) mass is 703 g/mol. The number of para-hydroxylation sites is 1. The molecule has 6 aliphatic rings. The van der Waals surface area contributed by atoms with Gasteiger partial charge in [0.25, 0.3) is 0 Å². The van der Waals surface area contributed by atoms with Crippen molar-refractivity contribution in [2.45, 2.75) is 82.5 Å². The molecule has 1 aliphatic heterocycles. The van der Waals surface area contributed by atoms with Gasteiger partial charge in [0.05, 0.1) is 0 Å². The molecule has 6 aromatic carbocycles. The number of fused-ring (bicyclic) bond motifs is 9. The van der Waals surface area contributed by atoms with Gasteiger partial charge in [-0.1, -0.05) is 107 Å². The topological polar surface area (TPSA) is 12.5 Å². The van der Waals surface area contributed by atoms with Crippen LogP contribution >= 0.6 is 0 Å². The lowest BCUT2D eigenvalue weighted by molar-refractivity contribution is -0.235. The molecule has 2 heteroatoms. The molecule has 2 bridgehead atoms. The first kappa shape index (κ1) is 31.5. The molecular formula is C52H49NO. The van der Waals surface area contributed by atoms with Crippen LogP contribution in [0.4, 0.5) is 17.1 Å². The van der Waals surface area contributed by atoms with Gasteiger partial charge in [0.2, 0.25) is 0 Å². The highest BCUT2D eigenvalue weighted by atomic mass is 16.5. The highest BCUT2D eigenvalue weighted by molar-refractivity contribution is 5.90. The van der Waals surface area contributed by atoms with E-state index in [4.69, 9.17) is 4.74 Å². The van der Waals surface area contributed by atoms with Gasteiger partial charge in [-0.15, -0.1) is 0 Å². The number of rotatable bonds is 4. The molecule has 6 atom stereocenters. The van der Waals surface area contributed by atoms with Crippen LogP contribution in [0.3, 0.4) is 0 Å². The smallest absolute Gasteiger partial charge is 0.131 e. The zero-order valence-electron chi connectivity index (χ0n) is 32.0. The summed E-state index contributed by atoms with van der Waals surface area (Å²) in [6, 6.07) is 48.4. The highest BCUT2D eigenvalue weighted by Crippen LogP contribution is 2.89. The van der Waals surface area contributed by atoms with E-state index >= 15 is 0 Å². The summed E-state index contributed by atoms with van der Waals surface area (Å²) in [6.45, 7) is 9.67. The van der Waals surface area contributed by atoms with E-state index < -0.39 is 0 Å². The van der Waals surface area contributed by atoms with Crippen molar-refractivity contribution >= 4 is 27.8 Å². The van der Waals surface area contributed by atoms with Crippen molar-refractivity contribution in [3.63, 3.8) is 0 Å². The molecule has 4 saturated carbocycles. The summed E-state index contributed by atoms with van der Waals surface area (Å²) < 4.78 is 6.82. The number of ether oxygens (including phenoxy) is 1. The summed E-state index contributed by atoms with van der Waals surface area (Å²) in [5, 5.41) is 2.52. The molecule has 6 aromatic rings. The van der Waals surface area contributed by atoms with E-state index in [9.17, 15) is 0 Å². The SMILES string of the molecule is CC1(C)CCC(C)(C)c2cc(-c3ccc(N(c4ccc5c(c4)C4(c6ccccc6O5)C5CC6CC7CC4C75C6)c4ccc5ccccc5c4)cc3)ccc21. The Morgan fingerprint density at radius 2 is 1.19 bits per heavy atom. The third kappa shape index (κ3) is 3.92. The molecule has 2 nitrogen and oxygen atoms in total. The predicted molar refractivity (Wildman–Crippen MR) is 222 cm³/mol. The number of benzene rings is 6. The van der Waals surface area contributed by atoms with E-state index in [-0.39, 0.29) is 16.2 Å². The summed E-state index contributed by atoms with van der Waals surface area (Å²) in [4.78, 5) is 2.49. The van der Waals surface area contributed by atoms with Crippen molar-refractivity contribution in [2.24, 2.45) is 29.1 Å². The van der Waals surface area contributed by atoms with Gasteiger partial charge in [-0.2, -0.15) is 0 Å². The second kappa shape index (κ2) is 10.5. The largest absolute Gasteiger partial charge is 0.457 e. The van der Waals surface area contributed by atoms with Crippen LogP contribution in [0.1, 0.15) is 88.5 Å². The Kier molecular flexibility index (Phi) is 6.12. The first-order chi connectivity index (χ1) is 26.2. The Hall–Kier alpha value is -4.82. The summed E-state index contributed by atoms with van der Waals surface area (Å²) in [7, 11) is 0. The van der Waals surface area contributed by atoms with Gasteiger partial charge in [-0.05, 0) is 160 Å². The van der Waals surface area contributed by atoms with E-state index in [0.717, 1.165) is 23.3 Å². The van der Waals surface area contributed by atoms with Crippen LogP contribution in [-0.4, -0.2) is 0 Å². The molecule has 0 N–H and O–H groups in total. The molecule has 268 valence electrons. The molecule has 5 aliphatic carbocycles. The van der Waals surface area contributed by atoms with Crippen molar-refractivity contribution < 1.29 is 4.74 Å². The van der Waals surface area contributed by atoms with Crippen molar-refractivity contribution in [1.29, 1.82) is 0 Å². The number of nitrogens with zero attached hydrogens (tertiary/aromatic N) is 1. The van der Waals surface area contributed by atoms with Crippen molar-refractivity contribution in [1.82, 2.24) is 0 Å². The van der Waals surface area contributed by atoms with E-state index in [1.807, 2.05) is 0 Å². The Morgan fingerprint density at radius 3 is 2.02 bits per heavy atom. The van der Waals surface area contributed by atoms with E-state index in [2.05, 4.69) is 160 Å². The van der Waals surface area contributed by atoms with Crippen molar-refractivity contribution in [3.05, 3.63) is 150 Å². The predicted octanol–water partition coefficient (Wildman–Crippen LogP) is 13.8. The summed E-state index contributed by atoms with van der Waals surface area (Å²) in [5.41, 5.74) is 13.0. The van der Waals surface area contributed by atoms with Crippen LogP contribution in [0.25, 0.3) is 21.9 Å². The average Bonchev–Trinajstić information content (AvgIpc) is 3.72. The molecule has 6 unspecified atom stereocenters. The second-order valence-corrected chi connectivity index (χ2v) is 19.3. The van der Waals surface area contributed by atoms with Crippen molar-refractivity contribution in [2.75, 3.05) is 4.90 Å². The molecule has 0 radical (unpaired) electrons. The third-order valence-corrected chi connectivity index (χ3v) is 16.0. The van der Waals surface area contributed by atoms with Crippen LogP contribution in [0.5, 0.6) is 11.5 Å². The Balaban J connectivity index is 0.998. The fraction of sp³-hybridized carbons (Fsp3) is 0.346. The normalized spacial score (nSPS) is 29.6. The molecule has 0 amide bonds. The standard InChI is InChI=1S/C52H49NO/c1-49(2)23-24-50(3,4)43-28-36(16-21-41(43)49)34-13-17-38(18-14-34)53(39-19-15-33-9-5-6-10-35(33)27-39)40-20-22-46-44(30-40)52(42-11-7-8-12-45(42)54-46)47-26-32-25-37-29-48(52)51(37,47)31-32/h5-22,27-28,30,32,37,47-48H,23-26,29,31H2,1-4H3. The fourth-order valence-corrected chi connectivity index (χ4v) is 13.5. The van der Waals surface area contributed by atoms with E-state index in [1.165, 1.54) is 99.7 Å². The summed E-state index contributed by atoms with van der Waals surface area (Å²) >= 11 is 0. The van der Waals surface area contributed by atoms with Gasteiger partial charge in [0.15, 0.2) is 0 Å². The zero-order chi connectivity index (χ0) is 36.2. The molecule has 54 heavy (non-hydrogen) atoms. The van der Waals surface area contributed by atoms with Crippen LogP contribution < -0.4 is 9.64 Å². The maximum Gasteiger partial charge on any atom is 0.131 e. The molecule has 12 rings (SSSR count). The lowest BCUT2D eigenvalue weighted by Gasteiger charge is -2.77. The minimum Gasteiger partial charge on any atom is -0.457 e. The molecule has 2 spiro atoms. The first-order valence-corrected chi connectivity index (χ1v) is 20.6. The van der Waals surface area contributed by atoms with Crippen LogP contribution in [-0.2, 0) is 16.2 Å². The number of hydrogen-bond donors (Lipinski definition) is 0. The number of anilines is 3. The maximum atomic E-state index is 6.82. The lowest BCUT2D eigenvalue weighted by atomic mass is 9.26.